The zero-order valence-corrected chi connectivity index (χ0v) is 52.9. The van der Waals surface area contributed by atoms with Gasteiger partial charge in [0.2, 0.25) is 0 Å². The molecule has 2 atom stereocenters. The molecule has 0 bridgehead atoms. The molecule has 0 radical (unpaired) electrons. The fourth-order valence-electron chi connectivity index (χ4n) is 10.5. The Morgan fingerprint density at radius 3 is 0.949 bits per heavy atom. The Balaban J connectivity index is 4.05. The normalized spacial score (nSPS) is 12.7. The molecule has 0 heterocycles. The number of quaternary nitrogens is 1. The van der Waals surface area contributed by atoms with Gasteiger partial charge in [0.15, 0.2) is 6.10 Å². The van der Waals surface area contributed by atoms with E-state index in [9.17, 15) is 19.5 Å². The van der Waals surface area contributed by atoms with Gasteiger partial charge in [0.1, 0.15) is 13.2 Å². The van der Waals surface area contributed by atoms with Gasteiger partial charge in [0.25, 0.3) is 6.29 Å². The molecule has 0 fully saturated rings. The first-order valence-corrected chi connectivity index (χ1v) is 34.4. The number of rotatable bonds is 65. The van der Waals surface area contributed by atoms with Gasteiger partial charge in [-0.15, -0.1) is 0 Å². The largest absolute Gasteiger partial charge is 0.477 e. The molecule has 2 unspecified atom stereocenters. The molecule has 0 aliphatic rings. The molecule has 0 rings (SSSR count). The van der Waals surface area contributed by atoms with E-state index in [1.807, 2.05) is 21.1 Å². The van der Waals surface area contributed by atoms with Crippen molar-refractivity contribution in [3.63, 3.8) is 0 Å². The second kappa shape index (κ2) is 61.1. The van der Waals surface area contributed by atoms with Crippen molar-refractivity contribution in [1.82, 2.24) is 0 Å². The van der Waals surface area contributed by atoms with Crippen LogP contribution in [0.3, 0.4) is 0 Å². The van der Waals surface area contributed by atoms with Gasteiger partial charge >= 0.3 is 17.9 Å². The molecule has 0 saturated carbocycles. The number of aliphatic carboxylic acids is 1. The van der Waals surface area contributed by atoms with Crippen LogP contribution in [0.5, 0.6) is 0 Å². The molecule has 0 aromatic carbocycles. The van der Waals surface area contributed by atoms with Crippen LogP contribution in [-0.4, -0.2) is 87.4 Å². The lowest BCUT2D eigenvalue weighted by molar-refractivity contribution is -0.870. The van der Waals surface area contributed by atoms with E-state index in [-0.39, 0.29) is 38.2 Å². The molecule has 78 heavy (non-hydrogen) atoms. The van der Waals surface area contributed by atoms with Crippen molar-refractivity contribution in [3.05, 3.63) is 12.2 Å². The first-order chi connectivity index (χ1) is 38.1. The van der Waals surface area contributed by atoms with Crippen LogP contribution < -0.4 is 0 Å². The van der Waals surface area contributed by atoms with Crippen LogP contribution >= 0.6 is 0 Å². The number of carbonyl (C=O) groups is 3. The SMILES string of the molecule is CCCCCCCCCC/C=C\CCCCCCCCCCCCCCCCCCCCCC(=O)OC(COC(=O)CCCCCCCCCCCCCCCCCCCCCCCC)COC(OCC[N+](C)(C)C)C(=O)O. The van der Waals surface area contributed by atoms with E-state index in [2.05, 4.69) is 26.0 Å². The predicted molar refractivity (Wildman–Crippen MR) is 332 cm³/mol. The highest BCUT2D eigenvalue weighted by Crippen LogP contribution is 2.19. The first kappa shape index (κ1) is 76.0. The Morgan fingerprint density at radius 2 is 0.654 bits per heavy atom. The monoisotopic (exact) mass is 1110 g/mol. The lowest BCUT2D eigenvalue weighted by Gasteiger charge is -2.25. The summed E-state index contributed by atoms with van der Waals surface area (Å²) >= 11 is 0. The molecule has 9 nitrogen and oxygen atoms in total. The number of hydrogen-bond donors (Lipinski definition) is 1. The molecule has 0 spiro atoms. The number of esters is 2. The van der Waals surface area contributed by atoms with E-state index in [0.29, 0.717) is 17.4 Å². The zero-order valence-electron chi connectivity index (χ0n) is 52.9. The van der Waals surface area contributed by atoms with Crippen molar-refractivity contribution in [2.24, 2.45) is 0 Å². The summed E-state index contributed by atoms with van der Waals surface area (Å²) in [4.78, 5) is 37.6. The summed E-state index contributed by atoms with van der Waals surface area (Å²) in [6.45, 7) is 4.96. The minimum atomic E-state index is -1.51. The van der Waals surface area contributed by atoms with Crippen LogP contribution in [0.2, 0.25) is 0 Å². The fraction of sp³-hybridized carbons (Fsp3) is 0.928. The molecule has 0 aromatic rings. The average molecular weight is 1110 g/mol. The highest BCUT2D eigenvalue weighted by Gasteiger charge is 2.25. The number of ether oxygens (including phenoxy) is 4. The van der Waals surface area contributed by atoms with E-state index in [1.54, 1.807) is 0 Å². The third kappa shape index (κ3) is 61.6. The van der Waals surface area contributed by atoms with Crippen LogP contribution in [0, 0.1) is 0 Å². The zero-order chi connectivity index (χ0) is 56.9. The number of carboxylic acids is 1. The molecule has 9 heteroatoms. The molecule has 1 N–H and O–H groups in total. The first-order valence-electron chi connectivity index (χ1n) is 34.4. The smallest absolute Gasteiger partial charge is 0.361 e. The number of allylic oxidation sites excluding steroid dienone is 2. The van der Waals surface area contributed by atoms with Gasteiger partial charge in [-0.2, -0.15) is 0 Å². The van der Waals surface area contributed by atoms with E-state index < -0.39 is 18.4 Å². The molecule has 0 aliphatic heterocycles. The van der Waals surface area contributed by atoms with Gasteiger partial charge in [-0.1, -0.05) is 315 Å². The summed E-state index contributed by atoms with van der Waals surface area (Å²) in [6.07, 6.45) is 70.4. The van der Waals surface area contributed by atoms with Gasteiger partial charge in [0, 0.05) is 12.8 Å². The minimum Gasteiger partial charge on any atom is -0.477 e. The maximum absolute atomic E-state index is 12.9. The van der Waals surface area contributed by atoms with Gasteiger partial charge in [0.05, 0.1) is 34.4 Å². The van der Waals surface area contributed by atoms with Gasteiger partial charge in [-0.25, -0.2) is 4.79 Å². The highest BCUT2D eigenvalue weighted by molar-refractivity contribution is 5.71. The average Bonchev–Trinajstić information content (AvgIpc) is 3.41. The molecule has 462 valence electrons. The maximum atomic E-state index is 12.9. The molecular weight excluding hydrogens is 971 g/mol. The summed E-state index contributed by atoms with van der Waals surface area (Å²) in [5, 5.41) is 9.74. The number of carboxylic acid groups (broad SMARTS) is 1. The Hall–Kier alpha value is -1.97. The number of hydrogen-bond acceptors (Lipinski definition) is 7. The molecule has 0 aromatic heterocycles. The van der Waals surface area contributed by atoms with E-state index in [4.69, 9.17) is 18.9 Å². The second-order valence-corrected chi connectivity index (χ2v) is 24.8. The Bertz CT molecular complexity index is 1280. The number of likely N-dealkylation sites (N-methyl/N-ethyl adjacent to an activating group) is 1. The van der Waals surface area contributed by atoms with Crippen molar-refractivity contribution < 1.29 is 42.9 Å². The van der Waals surface area contributed by atoms with Crippen molar-refractivity contribution in [2.75, 3.05) is 47.5 Å². The molecule has 0 amide bonds. The quantitative estimate of drug-likeness (QED) is 0.0211. The molecule has 0 saturated heterocycles. The van der Waals surface area contributed by atoms with Gasteiger partial charge < -0.3 is 28.5 Å². The van der Waals surface area contributed by atoms with Crippen LogP contribution in [0.15, 0.2) is 12.2 Å². The van der Waals surface area contributed by atoms with Crippen LogP contribution in [0.25, 0.3) is 0 Å². The minimum absolute atomic E-state index is 0.173. The highest BCUT2D eigenvalue weighted by atomic mass is 16.7. The lowest BCUT2D eigenvalue weighted by Crippen LogP contribution is -2.40. The third-order valence-corrected chi connectivity index (χ3v) is 15.8. The van der Waals surface area contributed by atoms with Gasteiger partial charge in [-0.3, -0.25) is 9.59 Å². The van der Waals surface area contributed by atoms with Crippen molar-refractivity contribution in [1.29, 1.82) is 0 Å². The summed E-state index contributed by atoms with van der Waals surface area (Å²) in [5.41, 5.74) is 0. The number of unbranched alkanes of at least 4 members (excludes halogenated alkanes) is 48. The topological polar surface area (TPSA) is 108 Å². The van der Waals surface area contributed by atoms with Crippen molar-refractivity contribution >= 4 is 17.9 Å². The van der Waals surface area contributed by atoms with Crippen LogP contribution in [-0.2, 0) is 33.3 Å². The summed E-state index contributed by atoms with van der Waals surface area (Å²) in [7, 11) is 5.99. The molecule has 0 aliphatic carbocycles. The Labute approximate surface area is 485 Å². The van der Waals surface area contributed by atoms with Crippen LogP contribution in [0.1, 0.15) is 354 Å². The summed E-state index contributed by atoms with van der Waals surface area (Å²) in [5.74, 6) is -1.97. The number of nitrogens with zero attached hydrogens (tertiary/aromatic N) is 1. The van der Waals surface area contributed by atoms with E-state index in [0.717, 1.165) is 38.5 Å². The van der Waals surface area contributed by atoms with Crippen molar-refractivity contribution in [2.45, 2.75) is 367 Å². The van der Waals surface area contributed by atoms with E-state index >= 15 is 0 Å². The van der Waals surface area contributed by atoms with Crippen LogP contribution in [0.4, 0.5) is 0 Å². The lowest BCUT2D eigenvalue weighted by atomic mass is 10.0. The maximum Gasteiger partial charge on any atom is 0.361 e. The fourth-order valence-corrected chi connectivity index (χ4v) is 10.5. The number of carbonyl (C=O) groups excluding carboxylic acids is 2. The molecular formula is C69H134NO8+. The van der Waals surface area contributed by atoms with Gasteiger partial charge in [-0.05, 0) is 38.5 Å². The second-order valence-electron chi connectivity index (χ2n) is 24.8. The third-order valence-electron chi connectivity index (χ3n) is 15.8. The Morgan fingerprint density at radius 1 is 0.372 bits per heavy atom. The predicted octanol–water partition coefficient (Wildman–Crippen LogP) is 20.9. The Kier molecular flexibility index (Phi) is 59.6. The van der Waals surface area contributed by atoms with E-state index in [1.165, 1.54) is 289 Å². The summed E-state index contributed by atoms with van der Waals surface area (Å²) in [6, 6.07) is 0. The van der Waals surface area contributed by atoms with Crippen molar-refractivity contribution in [3.8, 4) is 0 Å². The summed E-state index contributed by atoms with van der Waals surface area (Å²) < 4.78 is 23.0. The standard InChI is InChI=1S/C69H133NO8/c1-6-8-10-12-14-16-18-20-22-24-26-28-30-31-32-33-34-35-36-37-38-40-42-44-46-48-50-52-54-56-58-60-67(72)78-65(64-77-69(68(73)74)75-62-61-70(3,4)5)63-76-66(71)59-57-55-53-51-49-47-45-43-41-39-29-27-25-23-21-19-17-15-13-11-9-7-2/h24,26,65,69H,6-23,25,27-64H2,1-5H3/p+1/b26-24-.